The second-order valence-corrected chi connectivity index (χ2v) is 7.54. The number of aryl methyl sites for hydroxylation is 2. The standard InChI is InChI=1S/C24H26/c1-17-8-12-19(13-9-17)23(20-14-10-18(2)11-15-20)16-24-21-6-4-3-5-7-22(21)24/h8-15,21-22H,3-7H2,1-2H3. The number of fused-ring (bicyclic) bond motifs is 1. The topological polar surface area (TPSA) is 0 Å². The van der Waals surface area contributed by atoms with Crippen molar-refractivity contribution in [3.05, 3.63) is 82.1 Å². The average Bonchev–Trinajstić information content (AvgIpc) is 3.30. The number of allylic oxidation sites excluding steroid dienone is 1. The summed E-state index contributed by atoms with van der Waals surface area (Å²) in [5, 5.41) is 0. The van der Waals surface area contributed by atoms with E-state index in [0.717, 1.165) is 11.8 Å². The number of hydrogen-bond acceptors (Lipinski definition) is 0. The molecule has 0 nitrogen and oxygen atoms in total. The maximum atomic E-state index is 3.87. The van der Waals surface area contributed by atoms with Crippen molar-refractivity contribution in [2.45, 2.75) is 46.0 Å². The first-order valence-electron chi connectivity index (χ1n) is 9.37. The summed E-state index contributed by atoms with van der Waals surface area (Å²) < 4.78 is 0. The van der Waals surface area contributed by atoms with Gasteiger partial charge in [-0.2, -0.15) is 0 Å². The lowest BCUT2D eigenvalue weighted by molar-refractivity contribution is 0.663. The van der Waals surface area contributed by atoms with Crippen LogP contribution in [0.4, 0.5) is 0 Å². The highest BCUT2D eigenvalue weighted by atomic mass is 14.5. The van der Waals surface area contributed by atoms with Crippen molar-refractivity contribution in [1.82, 2.24) is 0 Å². The van der Waals surface area contributed by atoms with E-state index in [9.17, 15) is 0 Å². The van der Waals surface area contributed by atoms with E-state index in [2.05, 4.69) is 68.1 Å². The van der Waals surface area contributed by atoms with Gasteiger partial charge in [0.05, 0.1) is 0 Å². The minimum Gasteiger partial charge on any atom is -0.112 e. The summed E-state index contributed by atoms with van der Waals surface area (Å²) in [6.45, 7) is 4.30. The summed E-state index contributed by atoms with van der Waals surface area (Å²) in [5.74, 6) is 1.64. The maximum absolute atomic E-state index is 3.87. The Bertz CT molecular complexity index is 721. The molecule has 0 radical (unpaired) electrons. The van der Waals surface area contributed by atoms with Gasteiger partial charge in [-0.1, -0.05) is 78.9 Å². The largest absolute Gasteiger partial charge is 0.112 e. The molecule has 2 fully saturated rings. The molecule has 2 aliphatic rings. The highest BCUT2D eigenvalue weighted by Crippen LogP contribution is 2.53. The van der Waals surface area contributed by atoms with Crippen LogP contribution in [0.1, 0.15) is 54.4 Å². The predicted molar refractivity (Wildman–Crippen MR) is 102 cm³/mol. The van der Waals surface area contributed by atoms with E-state index >= 15 is 0 Å². The predicted octanol–water partition coefficient (Wildman–Crippen LogP) is 6.47. The van der Waals surface area contributed by atoms with Crippen LogP contribution in [0.15, 0.2) is 59.8 Å². The number of benzene rings is 2. The second-order valence-electron chi connectivity index (χ2n) is 7.54. The van der Waals surface area contributed by atoms with Crippen molar-refractivity contribution >= 4 is 5.57 Å². The summed E-state index contributed by atoms with van der Waals surface area (Å²) in [6, 6.07) is 17.8. The molecule has 0 aromatic heterocycles. The van der Waals surface area contributed by atoms with Gasteiger partial charge < -0.3 is 0 Å². The number of hydrogen-bond donors (Lipinski definition) is 0. The Morgan fingerprint density at radius 1 is 0.708 bits per heavy atom. The fourth-order valence-corrected chi connectivity index (χ4v) is 4.08. The fraction of sp³-hybridized carbons (Fsp3) is 0.375. The molecule has 0 amide bonds. The summed E-state index contributed by atoms with van der Waals surface area (Å²) in [7, 11) is 0. The smallest absolute Gasteiger partial charge is 0.0309 e. The summed E-state index contributed by atoms with van der Waals surface area (Å²) in [5.41, 5.74) is 11.9. The van der Waals surface area contributed by atoms with Crippen LogP contribution in [0, 0.1) is 25.7 Å². The van der Waals surface area contributed by atoms with Gasteiger partial charge in [-0.3, -0.25) is 0 Å². The van der Waals surface area contributed by atoms with Gasteiger partial charge in [0.2, 0.25) is 0 Å². The first kappa shape index (κ1) is 15.5. The van der Waals surface area contributed by atoms with Gasteiger partial charge in [0.15, 0.2) is 0 Å². The third kappa shape index (κ3) is 3.12. The van der Waals surface area contributed by atoms with E-state index in [4.69, 9.17) is 0 Å². The van der Waals surface area contributed by atoms with Crippen LogP contribution < -0.4 is 0 Å². The van der Waals surface area contributed by atoms with Crippen LogP contribution >= 0.6 is 0 Å². The van der Waals surface area contributed by atoms with Gasteiger partial charge in [-0.15, -0.1) is 5.73 Å². The van der Waals surface area contributed by atoms with E-state index in [-0.39, 0.29) is 0 Å². The van der Waals surface area contributed by atoms with Crippen LogP contribution in [0.5, 0.6) is 0 Å². The van der Waals surface area contributed by atoms with Crippen molar-refractivity contribution < 1.29 is 0 Å². The van der Waals surface area contributed by atoms with E-state index in [0.29, 0.717) is 0 Å². The molecule has 2 aromatic rings. The third-order valence-electron chi connectivity index (χ3n) is 5.66. The van der Waals surface area contributed by atoms with E-state index < -0.39 is 0 Å². The Morgan fingerprint density at radius 3 is 1.62 bits per heavy atom. The van der Waals surface area contributed by atoms with Crippen LogP contribution in [-0.4, -0.2) is 0 Å². The molecule has 4 rings (SSSR count). The highest BCUT2D eigenvalue weighted by molar-refractivity contribution is 5.80. The number of rotatable bonds is 2. The van der Waals surface area contributed by atoms with E-state index in [1.165, 1.54) is 59.9 Å². The zero-order valence-electron chi connectivity index (χ0n) is 14.8. The molecule has 2 saturated carbocycles. The first-order valence-corrected chi connectivity index (χ1v) is 9.37. The first-order chi connectivity index (χ1) is 11.7. The molecule has 122 valence electrons. The van der Waals surface area contributed by atoms with Crippen LogP contribution in [0.25, 0.3) is 5.57 Å². The Balaban J connectivity index is 1.80. The van der Waals surface area contributed by atoms with Gasteiger partial charge >= 0.3 is 0 Å². The minimum absolute atomic E-state index is 0.818. The highest BCUT2D eigenvalue weighted by Gasteiger charge is 2.43. The average molecular weight is 314 g/mol. The Kier molecular flexibility index (Phi) is 4.17. The van der Waals surface area contributed by atoms with Crippen LogP contribution in [0.2, 0.25) is 0 Å². The molecule has 0 aliphatic heterocycles. The molecular formula is C24H26. The monoisotopic (exact) mass is 314 g/mol. The second kappa shape index (κ2) is 6.46. The molecular weight excluding hydrogens is 288 g/mol. The lowest BCUT2D eigenvalue weighted by Gasteiger charge is -2.07. The minimum atomic E-state index is 0.818. The van der Waals surface area contributed by atoms with Crippen molar-refractivity contribution in [2.24, 2.45) is 11.8 Å². The van der Waals surface area contributed by atoms with Crippen molar-refractivity contribution in [3.63, 3.8) is 0 Å². The molecule has 0 spiro atoms. The van der Waals surface area contributed by atoms with E-state index in [1.54, 1.807) is 5.57 Å². The van der Waals surface area contributed by atoms with Gasteiger partial charge in [0.1, 0.15) is 0 Å². The van der Waals surface area contributed by atoms with Gasteiger partial charge in [0, 0.05) is 5.57 Å². The molecule has 0 heterocycles. The molecule has 0 bridgehead atoms. The molecule has 2 aliphatic carbocycles. The van der Waals surface area contributed by atoms with Crippen molar-refractivity contribution in [2.75, 3.05) is 0 Å². The van der Waals surface area contributed by atoms with Crippen LogP contribution in [-0.2, 0) is 0 Å². The lowest BCUT2D eigenvalue weighted by atomic mass is 9.96. The molecule has 0 N–H and O–H groups in total. The summed E-state index contributed by atoms with van der Waals surface area (Å²) >= 11 is 0. The van der Waals surface area contributed by atoms with Crippen molar-refractivity contribution in [1.29, 1.82) is 0 Å². The Labute approximate surface area is 145 Å². The molecule has 2 atom stereocenters. The molecule has 0 heteroatoms. The summed E-state index contributed by atoms with van der Waals surface area (Å²) in [4.78, 5) is 0. The lowest BCUT2D eigenvalue weighted by Crippen LogP contribution is -1.88. The SMILES string of the molecule is Cc1ccc(C(=C=C2C3CCCCCC23)c2ccc(C)cc2)cc1. The normalized spacial score (nSPS) is 22.3. The zero-order valence-corrected chi connectivity index (χ0v) is 14.8. The van der Waals surface area contributed by atoms with Gasteiger partial charge in [0.25, 0.3) is 0 Å². The fourth-order valence-electron chi connectivity index (χ4n) is 4.08. The molecule has 0 saturated heterocycles. The van der Waals surface area contributed by atoms with Gasteiger partial charge in [-0.05, 0) is 55.2 Å². The molecule has 2 aromatic carbocycles. The van der Waals surface area contributed by atoms with Gasteiger partial charge in [-0.25, -0.2) is 0 Å². The Hall–Kier alpha value is -2.04. The quantitative estimate of drug-likeness (QED) is 0.557. The van der Waals surface area contributed by atoms with Crippen molar-refractivity contribution in [3.8, 4) is 0 Å². The van der Waals surface area contributed by atoms with Crippen LogP contribution in [0.3, 0.4) is 0 Å². The zero-order chi connectivity index (χ0) is 16.5. The maximum Gasteiger partial charge on any atom is 0.0309 e. The molecule has 2 unspecified atom stereocenters. The third-order valence-corrected chi connectivity index (χ3v) is 5.66. The van der Waals surface area contributed by atoms with E-state index in [1.807, 2.05) is 0 Å². The summed E-state index contributed by atoms with van der Waals surface area (Å²) in [6.07, 6.45) is 6.98. The molecule has 24 heavy (non-hydrogen) atoms. The Morgan fingerprint density at radius 2 is 1.17 bits per heavy atom.